The van der Waals surface area contributed by atoms with Crippen LogP contribution >= 0.6 is 23.2 Å². The van der Waals surface area contributed by atoms with Crippen LogP contribution in [0.3, 0.4) is 0 Å². The van der Waals surface area contributed by atoms with Crippen molar-refractivity contribution in [3.05, 3.63) is 100 Å². The van der Waals surface area contributed by atoms with Gasteiger partial charge in [-0.1, -0.05) is 78.5 Å². The number of carbonyl (C=O) groups is 2. The van der Waals surface area contributed by atoms with Crippen LogP contribution in [-0.2, 0) is 32.6 Å². The van der Waals surface area contributed by atoms with E-state index in [0.717, 1.165) is 47.4 Å². The lowest BCUT2D eigenvalue weighted by Crippen LogP contribution is -2.54. The highest BCUT2D eigenvalue weighted by Crippen LogP contribution is 2.23. The summed E-state index contributed by atoms with van der Waals surface area (Å²) in [5.74, 6) is -0.756. The molecule has 1 aliphatic carbocycles. The first-order valence-corrected chi connectivity index (χ1v) is 15.8. The van der Waals surface area contributed by atoms with Crippen molar-refractivity contribution < 1.29 is 18.0 Å². The van der Waals surface area contributed by atoms with Gasteiger partial charge in [-0.15, -0.1) is 0 Å². The van der Waals surface area contributed by atoms with E-state index in [-0.39, 0.29) is 24.9 Å². The van der Waals surface area contributed by atoms with E-state index in [9.17, 15) is 18.0 Å². The summed E-state index contributed by atoms with van der Waals surface area (Å²) in [4.78, 5) is 29.4. The molecule has 3 aromatic carbocycles. The lowest BCUT2D eigenvalue weighted by atomic mass is 10.0. The number of rotatable bonds is 11. The first-order chi connectivity index (χ1) is 19.1. The molecule has 1 aliphatic rings. The molecule has 2 amide bonds. The van der Waals surface area contributed by atoms with E-state index >= 15 is 0 Å². The van der Waals surface area contributed by atoms with Gasteiger partial charge in [0.1, 0.15) is 12.6 Å². The van der Waals surface area contributed by atoms with Crippen LogP contribution < -0.4 is 9.62 Å². The maximum atomic E-state index is 14.1. The maximum absolute atomic E-state index is 14.1. The fourth-order valence-electron chi connectivity index (χ4n) is 4.93. The third-order valence-corrected chi connectivity index (χ3v) is 8.68. The molecule has 0 aromatic heterocycles. The largest absolute Gasteiger partial charge is 0.352 e. The van der Waals surface area contributed by atoms with E-state index in [2.05, 4.69) is 5.32 Å². The van der Waals surface area contributed by atoms with Crippen LogP contribution in [0.1, 0.15) is 36.8 Å². The molecule has 0 radical (unpaired) electrons. The molecule has 3 aromatic rings. The minimum absolute atomic E-state index is 0.0554. The second-order valence-electron chi connectivity index (χ2n) is 10.1. The van der Waals surface area contributed by atoms with Gasteiger partial charge in [0.05, 0.1) is 11.9 Å². The summed E-state index contributed by atoms with van der Waals surface area (Å²) in [5.41, 5.74) is 1.96. The van der Waals surface area contributed by atoms with Gasteiger partial charge in [0.25, 0.3) is 0 Å². The summed E-state index contributed by atoms with van der Waals surface area (Å²) in [6.45, 7) is -0.375. The van der Waals surface area contributed by atoms with Crippen LogP contribution in [0.5, 0.6) is 0 Å². The van der Waals surface area contributed by atoms with E-state index in [4.69, 9.17) is 23.2 Å². The Hall–Kier alpha value is -3.07. The standard InChI is InChI=1S/C30H33Cl2N3O4S/c1-40(38,39)35(27-17-15-25(32)16-18-27)21-29(36)34(20-23-11-13-24(31)14-12-23)28(19-22-7-3-2-4-8-22)30(37)33-26-9-5-6-10-26/h2-4,7-8,11-18,26,28H,5-6,9-10,19-21H2,1H3,(H,33,37)/t28-/m1/s1. The molecule has 1 N–H and O–H groups in total. The molecule has 0 aliphatic heterocycles. The summed E-state index contributed by atoms with van der Waals surface area (Å²) in [6, 6.07) is 22.0. The molecular formula is C30H33Cl2N3O4S. The number of halogens is 2. The molecule has 10 heteroatoms. The summed E-state index contributed by atoms with van der Waals surface area (Å²) >= 11 is 12.1. The summed E-state index contributed by atoms with van der Waals surface area (Å²) in [5, 5.41) is 4.14. The Morgan fingerprint density at radius 2 is 1.45 bits per heavy atom. The highest BCUT2D eigenvalue weighted by atomic mass is 35.5. The molecule has 1 fully saturated rings. The minimum atomic E-state index is -3.84. The zero-order chi connectivity index (χ0) is 28.7. The molecule has 212 valence electrons. The molecule has 0 spiro atoms. The van der Waals surface area contributed by atoms with Gasteiger partial charge in [-0.3, -0.25) is 13.9 Å². The molecule has 4 rings (SSSR count). The number of nitrogens with one attached hydrogen (secondary N) is 1. The van der Waals surface area contributed by atoms with Gasteiger partial charge in [-0.25, -0.2) is 8.42 Å². The van der Waals surface area contributed by atoms with E-state index in [1.165, 1.54) is 4.90 Å². The summed E-state index contributed by atoms with van der Waals surface area (Å²) in [6.07, 6.45) is 5.21. The van der Waals surface area contributed by atoms with Gasteiger partial charge in [-0.2, -0.15) is 0 Å². The summed E-state index contributed by atoms with van der Waals surface area (Å²) in [7, 11) is -3.84. The lowest BCUT2D eigenvalue weighted by molar-refractivity contribution is -0.140. The SMILES string of the molecule is CS(=O)(=O)N(CC(=O)N(Cc1ccc(Cl)cc1)[C@H](Cc1ccccc1)C(=O)NC1CCCC1)c1ccc(Cl)cc1. The molecule has 7 nitrogen and oxygen atoms in total. The molecule has 0 unspecified atom stereocenters. The quantitative estimate of drug-likeness (QED) is 0.316. The van der Waals surface area contributed by atoms with Crippen molar-refractivity contribution in [1.29, 1.82) is 0 Å². The van der Waals surface area contributed by atoms with Crippen LogP contribution in [0.2, 0.25) is 10.0 Å². The molecule has 0 heterocycles. The minimum Gasteiger partial charge on any atom is -0.352 e. The van der Waals surface area contributed by atoms with Crippen molar-refractivity contribution in [2.45, 2.75) is 50.7 Å². The highest BCUT2D eigenvalue weighted by molar-refractivity contribution is 7.92. The second-order valence-corrected chi connectivity index (χ2v) is 12.9. The Kier molecular flexibility index (Phi) is 10.1. The van der Waals surface area contributed by atoms with Crippen LogP contribution in [-0.4, -0.2) is 50.0 Å². The van der Waals surface area contributed by atoms with E-state index < -0.39 is 28.5 Å². The lowest BCUT2D eigenvalue weighted by Gasteiger charge is -2.34. The van der Waals surface area contributed by atoms with Crippen LogP contribution in [0.25, 0.3) is 0 Å². The first-order valence-electron chi connectivity index (χ1n) is 13.2. The molecule has 0 saturated heterocycles. The maximum Gasteiger partial charge on any atom is 0.244 e. The zero-order valence-electron chi connectivity index (χ0n) is 22.3. The Labute approximate surface area is 246 Å². The number of benzene rings is 3. The van der Waals surface area contributed by atoms with Gasteiger partial charge in [-0.05, 0) is 60.4 Å². The molecular weight excluding hydrogens is 569 g/mol. The number of carbonyl (C=O) groups excluding carboxylic acids is 2. The van der Waals surface area contributed by atoms with Crippen molar-refractivity contribution in [3.63, 3.8) is 0 Å². The Morgan fingerprint density at radius 1 is 0.875 bits per heavy atom. The van der Waals surface area contributed by atoms with E-state index in [1.54, 1.807) is 48.5 Å². The monoisotopic (exact) mass is 601 g/mol. The fourth-order valence-corrected chi connectivity index (χ4v) is 6.03. The van der Waals surface area contributed by atoms with Gasteiger partial charge < -0.3 is 10.2 Å². The average Bonchev–Trinajstić information content (AvgIpc) is 3.44. The second kappa shape index (κ2) is 13.5. The zero-order valence-corrected chi connectivity index (χ0v) is 24.6. The topological polar surface area (TPSA) is 86.8 Å². The third kappa shape index (κ3) is 8.22. The predicted molar refractivity (Wildman–Crippen MR) is 160 cm³/mol. The van der Waals surface area contributed by atoms with Crippen LogP contribution in [0, 0.1) is 0 Å². The van der Waals surface area contributed by atoms with E-state index in [0.29, 0.717) is 15.7 Å². The Balaban J connectivity index is 1.71. The van der Waals surface area contributed by atoms with Gasteiger partial charge in [0, 0.05) is 29.1 Å². The van der Waals surface area contributed by atoms with Crippen LogP contribution in [0.4, 0.5) is 5.69 Å². The number of hydrogen-bond acceptors (Lipinski definition) is 4. The first kappa shape index (κ1) is 29.9. The Morgan fingerprint density at radius 3 is 2.02 bits per heavy atom. The van der Waals surface area contributed by atoms with Gasteiger partial charge in [0.15, 0.2) is 0 Å². The van der Waals surface area contributed by atoms with Crippen molar-refractivity contribution in [2.24, 2.45) is 0 Å². The average molecular weight is 603 g/mol. The molecule has 1 saturated carbocycles. The number of hydrogen-bond donors (Lipinski definition) is 1. The van der Waals surface area contributed by atoms with Crippen LogP contribution in [0.15, 0.2) is 78.9 Å². The van der Waals surface area contributed by atoms with E-state index in [1.807, 2.05) is 30.3 Å². The molecule has 1 atom stereocenters. The normalized spacial score (nSPS) is 14.5. The van der Waals surface area contributed by atoms with Gasteiger partial charge >= 0.3 is 0 Å². The third-order valence-electron chi connectivity index (χ3n) is 7.03. The fraction of sp³-hybridized carbons (Fsp3) is 0.333. The smallest absolute Gasteiger partial charge is 0.244 e. The highest BCUT2D eigenvalue weighted by Gasteiger charge is 2.34. The Bertz CT molecular complexity index is 1400. The molecule has 40 heavy (non-hydrogen) atoms. The number of nitrogens with zero attached hydrogens (tertiary/aromatic N) is 2. The summed E-state index contributed by atoms with van der Waals surface area (Å²) < 4.78 is 26.7. The molecule has 0 bridgehead atoms. The predicted octanol–water partition coefficient (Wildman–Crippen LogP) is 5.46. The van der Waals surface area contributed by atoms with Crippen molar-refractivity contribution >= 4 is 50.7 Å². The number of sulfonamides is 1. The van der Waals surface area contributed by atoms with Gasteiger partial charge in [0.2, 0.25) is 21.8 Å². The number of amides is 2. The van der Waals surface area contributed by atoms with Crippen molar-refractivity contribution in [2.75, 3.05) is 17.1 Å². The van der Waals surface area contributed by atoms with Crippen molar-refractivity contribution in [3.8, 4) is 0 Å². The number of anilines is 1. The van der Waals surface area contributed by atoms with Crippen molar-refractivity contribution in [1.82, 2.24) is 10.2 Å².